The number of aliphatic hydroxyl groups is 1. The van der Waals surface area contributed by atoms with Crippen LogP contribution in [0.25, 0.3) is 0 Å². The van der Waals surface area contributed by atoms with Gasteiger partial charge in [-0.15, -0.1) is 0 Å². The van der Waals surface area contributed by atoms with Crippen molar-refractivity contribution in [2.75, 3.05) is 26.8 Å². The number of carbonyl (C=O) groups excluding carboxylic acids is 2. The summed E-state index contributed by atoms with van der Waals surface area (Å²) in [7, 11) is 1.29. The number of rotatable bonds is 7. The van der Waals surface area contributed by atoms with Crippen LogP contribution >= 0.6 is 0 Å². The van der Waals surface area contributed by atoms with E-state index in [0.29, 0.717) is 12.8 Å². The lowest BCUT2D eigenvalue weighted by Gasteiger charge is -2.23. The molecule has 2 aromatic rings. The van der Waals surface area contributed by atoms with Gasteiger partial charge in [-0.2, -0.15) is 0 Å². The minimum atomic E-state index is -1.20. The highest BCUT2D eigenvalue weighted by Crippen LogP contribution is 2.44. The van der Waals surface area contributed by atoms with Crippen molar-refractivity contribution in [2.24, 2.45) is 0 Å². The number of nitrogens with one attached hydrogen (secondary N) is 2. The van der Waals surface area contributed by atoms with Gasteiger partial charge in [0, 0.05) is 42.4 Å². The summed E-state index contributed by atoms with van der Waals surface area (Å²) in [5.41, 5.74) is 0.601. The largest absolute Gasteiger partial charge is 0.497 e. The lowest BCUT2D eigenvalue weighted by Crippen LogP contribution is -2.50. The topological polar surface area (TPSA) is 104 Å². The van der Waals surface area contributed by atoms with E-state index < -0.39 is 41.1 Å². The highest BCUT2D eigenvalue weighted by Gasteiger charge is 2.49. The number of aryl methyl sites for hydroxylation is 1. The monoisotopic (exact) mass is 460 g/mol. The predicted molar refractivity (Wildman–Crippen MR) is 115 cm³/mol. The number of benzene rings is 1. The normalized spacial score (nSPS) is 21.1. The van der Waals surface area contributed by atoms with Crippen molar-refractivity contribution in [3.63, 3.8) is 0 Å². The molecule has 33 heavy (non-hydrogen) atoms. The van der Waals surface area contributed by atoms with Gasteiger partial charge in [-0.25, -0.2) is 13.6 Å². The Morgan fingerprint density at radius 3 is 2.58 bits per heavy atom. The number of halogens is 2. The van der Waals surface area contributed by atoms with E-state index in [1.165, 1.54) is 12.0 Å². The Morgan fingerprint density at radius 2 is 2.00 bits per heavy atom. The van der Waals surface area contributed by atoms with Crippen LogP contribution < -0.4 is 15.4 Å². The van der Waals surface area contributed by atoms with Gasteiger partial charge in [0.05, 0.1) is 24.9 Å². The number of pyridine rings is 1. The second-order valence-electron chi connectivity index (χ2n) is 8.44. The van der Waals surface area contributed by atoms with Gasteiger partial charge in [0.2, 0.25) is 5.91 Å². The summed E-state index contributed by atoms with van der Waals surface area (Å²) < 4.78 is 34.5. The number of likely N-dealkylation sites (tertiary alicyclic amines) is 1. The van der Waals surface area contributed by atoms with Gasteiger partial charge in [-0.05, 0) is 31.9 Å². The van der Waals surface area contributed by atoms with E-state index >= 15 is 0 Å². The lowest BCUT2D eigenvalue weighted by molar-refractivity contribution is -0.129. The lowest BCUT2D eigenvalue weighted by atomic mass is 9.92. The maximum Gasteiger partial charge on any atom is 0.316 e. The Balaban J connectivity index is 1.58. The van der Waals surface area contributed by atoms with E-state index in [-0.39, 0.29) is 31.0 Å². The molecule has 0 bridgehead atoms. The maximum absolute atomic E-state index is 14.8. The first-order valence-corrected chi connectivity index (χ1v) is 10.7. The molecule has 1 aromatic carbocycles. The van der Waals surface area contributed by atoms with Crippen LogP contribution in [0.15, 0.2) is 30.3 Å². The van der Waals surface area contributed by atoms with Crippen molar-refractivity contribution in [1.82, 2.24) is 20.5 Å². The molecular weight excluding hydrogens is 434 g/mol. The number of nitrogens with zero attached hydrogens (tertiary/aromatic N) is 2. The summed E-state index contributed by atoms with van der Waals surface area (Å²) in [6.45, 7) is 1.49. The minimum absolute atomic E-state index is 0.00821. The van der Waals surface area contributed by atoms with Crippen LogP contribution in [0.3, 0.4) is 0 Å². The van der Waals surface area contributed by atoms with Crippen LogP contribution in [-0.2, 0) is 10.3 Å². The van der Waals surface area contributed by atoms with Crippen LogP contribution in [-0.4, -0.2) is 59.8 Å². The Morgan fingerprint density at radius 1 is 1.30 bits per heavy atom. The van der Waals surface area contributed by atoms with Crippen LogP contribution in [0.4, 0.5) is 13.6 Å². The smallest absolute Gasteiger partial charge is 0.316 e. The van der Waals surface area contributed by atoms with E-state index in [2.05, 4.69) is 15.6 Å². The molecule has 0 unspecified atom stereocenters. The third kappa shape index (κ3) is 4.47. The van der Waals surface area contributed by atoms with Gasteiger partial charge in [-0.1, -0.05) is 6.07 Å². The van der Waals surface area contributed by atoms with E-state index in [1.807, 2.05) is 25.1 Å². The number of hydrogen-bond donors (Lipinski definition) is 3. The number of hydrogen-bond acceptors (Lipinski definition) is 5. The van der Waals surface area contributed by atoms with Crippen molar-refractivity contribution in [2.45, 2.75) is 37.3 Å². The summed E-state index contributed by atoms with van der Waals surface area (Å²) >= 11 is 0. The van der Waals surface area contributed by atoms with Crippen molar-refractivity contribution in [3.05, 3.63) is 58.9 Å². The second-order valence-corrected chi connectivity index (χ2v) is 8.44. The molecule has 1 saturated heterocycles. The third-order valence-electron chi connectivity index (χ3n) is 6.19. The molecular formula is C23H26F2N4O4. The average Bonchev–Trinajstić information content (AvgIpc) is 3.49. The van der Waals surface area contributed by atoms with Crippen LogP contribution in [0, 0.1) is 18.6 Å². The second kappa shape index (κ2) is 8.93. The highest BCUT2D eigenvalue weighted by molar-refractivity contribution is 5.90. The fourth-order valence-electron chi connectivity index (χ4n) is 4.35. The zero-order valence-corrected chi connectivity index (χ0v) is 18.4. The number of β-amino-alcohol motifs (C(OH)–C–C–N with tert-alkyl or cyclic N) is 1. The number of methoxy groups -OCH3 is 1. The number of aromatic nitrogens is 1. The van der Waals surface area contributed by atoms with Crippen LogP contribution in [0.5, 0.6) is 5.75 Å². The molecule has 2 fully saturated rings. The van der Waals surface area contributed by atoms with Gasteiger partial charge in [0.25, 0.3) is 0 Å². The molecule has 2 atom stereocenters. The van der Waals surface area contributed by atoms with Gasteiger partial charge in [-0.3, -0.25) is 9.78 Å². The summed E-state index contributed by atoms with van der Waals surface area (Å²) in [6.07, 6.45) is 1.38. The Labute approximate surface area is 189 Å². The van der Waals surface area contributed by atoms with Crippen LogP contribution in [0.1, 0.15) is 35.7 Å². The zero-order chi connectivity index (χ0) is 23.8. The SMILES string of the molecule is COc1cc(F)c([C@@H]2CN(CCO)C(=O)[C@H]2NC(=O)NC2(c3cccc(C)n3)CC2)c(F)c1. The highest BCUT2D eigenvalue weighted by atomic mass is 19.1. The number of carbonyl (C=O) groups is 2. The first kappa shape index (κ1) is 22.9. The van der Waals surface area contributed by atoms with Crippen molar-refractivity contribution >= 4 is 11.9 Å². The zero-order valence-electron chi connectivity index (χ0n) is 18.4. The Bertz CT molecular complexity index is 1050. The molecule has 0 radical (unpaired) electrons. The first-order valence-electron chi connectivity index (χ1n) is 10.7. The molecule has 1 aliphatic carbocycles. The van der Waals surface area contributed by atoms with Crippen molar-refractivity contribution < 1.29 is 28.2 Å². The molecule has 3 N–H and O–H groups in total. The Kier molecular flexibility index (Phi) is 6.20. The number of ether oxygens (including phenoxy) is 1. The fraction of sp³-hybridized carbons (Fsp3) is 0.435. The van der Waals surface area contributed by atoms with Crippen molar-refractivity contribution in [1.29, 1.82) is 0 Å². The molecule has 3 amide bonds. The van der Waals surface area contributed by atoms with Gasteiger partial charge in [0.15, 0.2) is 0 Å². The molecule has 8 nitrogen and oxygen atoms in total. The molecule has 1 aromatic heterocycles. The summed E-state index contributed by atoms with van der Waals surface area (Å²) in [5.74, 6) is -3.23. The molecule has 1 aliphatic heterocycles. The first-order chi connectivity index (χ1) is 15.8. The number of amides is 3. The van der Waals surface area contributed by atoms with E-state index in [9.17, 15) is 23.5 Å². The summed E-state index contributed by atoms with van der Waals surface area (Å²) in [4.78, 5) is 31.6. The Hall–Kier alpha value is -3.27. The number of urea groups is 1. The van der Waals surface area contributed by atoms with Gasteiger partial charge in [0.1, 0.15) is 23.4 Å². The van der Waals surface area contributed by atoms with E-state index in [0.717, 1.165) is 23.5 Å². The van der Waals surface area contributed by atoms with E-state index in [1.54, 1.807) is 0 Å². The van der Waals surface area contributed by atoms with E-state index in [4.69, 9.17) is 4.74 Å². The summed E-state index contributed by atoms with van der Waals surface area (Å²) in [6, 6.07) is 5.80. The molecule has 0 spiro atoms. The van der Waals surface area contributed by atoms with Gasteiger partial charge >= 0.3 is 6.03 Å². The standard InChI is InChI=1S/C23H26F2N4O4/c1-13-4-3-5-18(26-13)23(6-7-23)28-22(32)27-20-15(12-29(8-9-30)21(20)31)19-16(24)10-14(33-2)11-17(19)25/h3-5,10-11,15,20,30H,6-9,12H2,1-2H3,(H2,27,28,32)/t15-,20-/m0/s1. The molecule has 1 saturated carbocycles. The molecule has 10 heteroatoms. The quantitative estimate of drug-likeness (QED) is 0.586. The average molecular weight is 460 g/mol. The fourth-order valence-corrected chi connectivity index (χ4v) is 4.35. The number of aliphatic hydroxyl groups excluding tert-OH is 1. The third-order valence-corrected chi connectivity index (χ3v) is 6.19. The molecule has 2 aliphatic rings. The molecule has 4 rings (SSSR count). The van der Waals surface area contributed by atoms with Crippen LogP contribution in [0.2, 0.25) is 0 Å². The maximum atomic E-state index is 14.8. The van der Waals surface area contributed by atoms with Crippen molar-refractivity contribution in [3.8, 4) is 5.75 Å². The minimum Gasteiger partial charge on any atom is -0.497 e. The molecule has 2 heterocycles. The molecule has 176 valence electrons. The predicted octanol–water partition coefficient (Wildman–Crippen LogP) is 1.95. The van der Waals surface area contributed by atoms with Gasteiger partial charge < -0.3 is 25.4 Å². The summed E-state index contributed by atoms with van der Waals surface area (Å²) in [5, 5.41) is 14.8.